The minimum atomic E-state index is 0.753. The van der Waals surface area contributed by atoms with Crippen LogP contribution in [-0.4, -0.2) is 14.3 Å². The smallest absolute Gasteiger partial charge is 0.0870 e. The SMILES string of the molecule is Cc1nn(C)cc1-n1c(C)cc2ccc(Cl)cc21. The molecule has 0 radical (unpaired) electrons. The first-order valence-corrected chi connectivity index (χ1v) is 6.22. The lowest BCUT2D eigenvalue weighted by Crippen LogP contribution is -1.96. The van der Waals surface area contributed by atoms with Crippen molar-refractivity contribution in [1.29, 1.82) is 0 Å². The highest BCUT2D eigenvalue weighted by Gasteiger charge is 2.12. The van der Waals surface area contributed by atoms with Gasteiger partial charge in [-0.05, 0) is 32.0 Å². The van der Waals surface area contributed by atoms with Gasteiger partial charge in [-0.25, -0.2) is 0 Å². The molecule has 0 spiro atoms. The van der Waals surface area contributed by atoms with Crippen LogP contribution in [0, 0.1) is 13.8 Å². The van der Waals surface area contributed by atoms with Crippen LogP contribution < -0.4 is 0 Å². The Kier molecular flexibility index (Phi) is 2.45. The lowest BCUT2D eigenvalue weighted by molar-refractivity contribution is 0.756. The number of halogens is 1. The molecule has 3 rings (SSSR count). The van der Waals surface area contributed by atoms with Gasteiger partial charge < -0.3 is 4.57 Å². The summed E-state index contributed by atoms with van der Waals surface area (Å²) < 4.78 is 4.03. The first kappa shape index (κ1) is 11.4. The van der Waals surface area contributed by atoms with Crippen LogP contribution in [0.4, 0.5) is 0 Å². The molecule has 0 N–H and O–H groups in total. The topological polar surface area (TPSA) is 22.8 Å². The summed E-state index contributed by atoms with van der Waals surface area (Å²) in [5.74, 6) is 0. The maximum Gasteiger partial charge on any atom is 0.0870 e. The third-order valence-electron chi connectivity index (χ3n) is 3.18. The van der Waals surface area contributed by atoms with E-state index < -0.39 is 0 Å². The van der Waals surface area contributed by atoms with Gasteiger partial charge in [-0.3, -0.25) is 4.68 Å². The fourth-order valence-electron chi connectivity index (χ4n) is 2.44. The predicted octanol–water partition coefficient (Wildman–Crippen LogP) is 3.63. The number of nitrogens with zero attached hydrogens (tertiary/aromatic N) is 3. The molecular formula is C14H14ClN3. The van der Waals surface area contributed by atoms with E-state index in [1.54, 1.807) is 0 Å². The summed E-state index contributed by atoms with van der Waals surface area (Å²) in [4.78, 5) is 0. The minimum Gasteiger partial charge on any atom is -0.311 e. The summed E-state index contributed by atoms with van der Waals surface area (Å²) >= 11 is 6.10. The first-order valence-electron chi connectivity index (χ1n) is 5.84. The van der Waals surface area contributed by atoms with Crippen molar-refractivity contribution in [2.75, 3.05) is 0 Å². The fraction of sp³-hybridized carbons (Fsp3) is 0.214. The van der Waals surface area contributed by atoms with Crippen molar-refractivity contribution in [2.24, 2.45) is 7.05 Å². The molecule has 0 fully saturated rings. The molecule has 92 valence electrons. The summed E-state index contributed by atoms with van der Waals surface area (Å²) in [6.45, 7) is 4.12. The largest absolute Gasteiger partial charge is 0.311 e. The Hall–Kier alpha value is -1.74. The zero-order chi connectivity index (χ0) is 12.9. The molecule has 0 aliphatic carbocycles. The van der Waals surface area contributed by atoms with E-state index in [1.165, 1.54) is 11.1 Å². The van der Waals surface area contributed by atoms with Gasteiger partial charge in [0.15, 0.2) is 0 Å². The quantitative estimate of drug-likeness (QED) is 0.654. The number of aromatic nitrogens is 3. The van der Waals surface area contributed by atoms with E-state index in [4.69, 9.17) is 11.6 Å². The van der Waals surface area contributed by atoms with Gasteiger partial charge in [-0.2, -0.15) is 5.10 Å². The second-order valence-corrected chi connectivity index (χ2v) is 5.03. The van der Waals surface area contributed by atoms with E-state index in [-0.39, 0.29) is 0 Å². The number of rotatable bonds is 1. The Bertz CT molecular complexity index is 737. The van der Waals surface area contributed by atoms with Crippen LogP contribution in [0.15, 0.2) is 30.5 Å². The van der Waals surface area contributed by atoms with Gasteiger partial charge in [0, 0.05) is 29.3 Å². The average molecular weight is 260 g/mol. The van der Waals surface area contributed by atoms with E-state index in [2.05, 4.69) is 22.7 Å². The molecule has 2 heterocycles. The predicted molar refractivity (Wildman–Crippen MR) is 74.5 cm³/mol. The molecule has 3 nitrogen and oxygen atoms in total. The van der Waals surface area contributed by atoms with Crippen LogP contribution in [0.25, 0.3) is 16.6 Å². The second kappa shape index (κ2) is 3.89. The van der Waals surface area contributed by atoms with Crippen molar-refractivity contribution in [3.63, 3.8) is 0 Å². The minimum absolute atomic E-state index is 0.753. The lowest BCUT2D eigenvalue weighted by atomic mass is 10.2. The molecule has 3 aromatic rings. The van der Waals surface area contributed by atoms with Crippen LogP contribution in [-0.2, 0) is 7.05 Å². The maximum atomic E-state index is 6.10. The van der Waals surface area contributed by atoms with Crippen molar-refractivity contribution < 1.29 is 0 Å². The summed E-state index contributed by atoms with van der Waals surface area (Å²) in [6.07, 6.45) is 2.03. The van der Waals surface area contributed by atoms with Crippen molar-refractivity contribution in [3.8, 4) is 5.69 Å². The molecule has 0 saturated heterocycles. The van der Waals surface area contributed by atoms with Crippen LogP contribution in [0.2, 0.25) is 5.02 Å². The van der Waals surface area contributed by atoms with Crippen LogP contribution in [0.3, 0.4) is 0 Å². The van der Waals surface area contributed by atoms with Gasteiger partial charge in [-0.1, -0.05) is 17.7 Å². The molecule has 0 unspecified atom stereocenters. The molecule has 2 aromatic heterocycles. The van der Waals surface area contributed by atoms with Gasteiger partial charge in [0.05, 0.1) is 16.9 Å². The van der Waals surface area contributed by atoms with Gasteiger partial charge in [0.1, 0.15) is 0 Å². The molecule has 0 aliphatic heterocycles. The highest BCUT2D eigenvalue weighted by atomic mass is 35.5. The number of aryl methyl sites for hydroxylation is 3. The van der Waals surface area contributed by atoms with Crippen LogP contribution in [0.1, 0.15) is 11.4 Å². The van der Waals surface area contributed by atoms with E-state index >= 15 is 0 Å². The summed E-state index contributed by atoms with van der Waals surface area (Å²) in [5, 5.41) is 6.35. The molecule has 1 aromatic carbocycles. The molecule has 0 aliphatic rings. The number of benzene rings is 1. The monoisotopic (exact) mass is 259 g/mol. The van der Waals surface area contributed by atoms with Crippen LogP contribution >= 0.6 is 11.6 Å². The molecule has 0 bridgehead atoms. The van der Waals surface area contributed by atoms with E-state index in [0.717, 1.165) is 21.9 Å². The molecule has 4 heteroatoms. The molecular weight excluding hydrogens is 246 g/mol. The van der Waals surface area contributed by atoms with Gasteiger partial charge in [-0.15, -0.1) is 0 Å². The zero-order valence-corrected chi connectivity index (χ0v) is 11.4. The lowest BCUT2D eigenvalue weighted by Gasteiger charge is -2.06. The Morgan fingerprint density at radius 3 is 2.61 bits per heavy atom. The Morgan fingerprint density at radius 2 is 1.94 bits per heavy atom. The number of hydrogen-bond donors (Lipinski definition) is 0. The molecule has 0 saturated carbocycles. The van der Waals surface area contributed by atoms with Crippen molar-refractivity contribution >= 4 is 22.5 Å². The number of fused-ring (bicyclic) bond motifs is 1. The highest BCUT2D eigenvalue weighted by Crippen LogP contribution is 2.27. The summed E-state index contributed by atoms with van der Waals surface area (Å²) in [6, 6.07) is 8.13. The van der Waals surface area contributed by atoms with Gasteiger partial charge >= 0.3 is 0 Å². The standard InChI is InChI=1S/C14H14ClN3/c1-9-6-11-4-5-12(15)7-13(11)18(9)14-8-17(3)16-10(14)2/h4-8H,1-3H3. The number of hydrogen-bond acceptors (Lipinski definition) is 1. The highest BCUT2D eigenvalue weighted by molar-refractivity contribution is 6.31. The van der Waals surface area contributed by atoms with E-state index in [0.29, 0.717) is 0 Å². The zero-order valence-electron chi connectivity index (χ0n) is 10.6. The molecule has 0 atom stereocenters. The Labute approximate surface area is 111 Å². The van der Waals surface area contributed by atoms with Gasteiger partial charge in [0.2, 0.25) is 0 Å². The molecule has 0 amide bonds. The fourth-order valence-corrected chi connectivity index (χ4v) is 2.60. The van der Waals surface area contributed by atoms with Crippen LogP contribution in [0.5, 0.6) is 0 Å². The summed E-state index contributed by atoms with van der Waals surface area (Å²) in [7, 11) is 1.94. The van der Waals surface area contributed by atoms with E-state index in [1.807, 2.05) is 43.0 Å². The normalized spacial score (nSPS) is 11.3. The summed E-state index contributed by atoms with van der Waals surface area (Å²) in [5.41, 5.74) is 4.42. The first-order chi connectivity index (χ1) is 8.56. The van der Waals surface area contributed by atoms with Gasteiger partial charge in [0.25, 0.3) is 0 Å². The molecule has 18 heavy (non-hydrogen) atoms. The third kappa shape index (κ3) is 1.63. The van der Waals surface area contributed by atoms with Crippen molar-refractivity contribution in [1.82, 2.24) is 14.3 Å². The Balaban J connectivity index is 2.37. The van der Waals surface area contributed by atoms with Crippen molar-refractivity contribution in [2.45, 2.75) is 13.8 Å². The van der Waals surface area contributed by atoms with Crippen molar-refractivity contribution in [3.05, 3.63) is 46.9 Å². The second-order valence-electron chi connectivity index (χ2n) is 4.60. The Morgan fingerprint density at radius 1 is 1.17 bits per heavy atom. The average Bonchev–Trinajstić information content (AvgIpc) is 2.77. The van der Waals surface area contributed by atoms with E-state index in [9.17, 15) is 0 Å². The third-order valence-corrected chi connectivity index (χ3v) is 3.41. The maximum absolute atomic E-state index is 6.10.